The van der Waals surface area contributed by atoms with Crippen LogP contribution in [-0.4, -0.2) is 60.1 Å². The van der Waals surface area contributed by atoms with Crippen molar-refractivity contribution in [3.8, 4) is 5.88 Å². The lowest BCUT2D eigenvalue weighted by atomic mass is 9.79. The third-order valence-electron chi connectivity index (χ3n) is 5.07. The molecule has 1 aliphatic heterocycles. The number of carbonyl (C=O) groups is 1. The van der Waals surface area contributed by atoms with Gasteiger partial charge in [-0.2, -0.15) is 13.2 Å². The second kappa shape index (κ2) is 8.50. The summed E-state index contributed by atoms with van der Waals surface area (Å²) in [6, 6.07) is 0.919. The van der Waals surface area contributed by atoms with Gasteiger partial charge in [0.1, 0.15) is 17.8 Å². The van der Waals surface area contributed by atoms with Crippen molar-refractivity contribution in [1.29, 1.82) is 0 Å². The number of alkyl halides is 3. The van der Waals surface area contributed by atoms with E-state index in [1.165, 1.54) is 18.1 Å². The van der Waals surface area contributed by atoms with Crippen molar-refractivity contribution in [2.24, 2.45) is 0 Å². The molecule has 1 amide bonds. The molecule has 1 aromatic heterocycles. The fourth-order valence-corrected chi connectivity index (χ4v) is 2.60. The minimum absolute atomic E-state index is 0.0207. The minimum atomic E-state index is -4.70. The topological polar surface area (TPSA) is 70.1 Å². The van der Waals surface area contributed by atoms with Gasteiger partial charge in [0, 0.05) is 18.7 Å². The molecule has 7 nitrogen and oxygen atoms in total. The number of likely N-dealkylation sites (N-methyl/N-ethyl adjacent to an activating group) is 1. The molecule has 1 aromatic rings. The van der Waals surface area contributed by atoms with E-state index in [2.05, 4.69) is 4.98 Å². The van der Waals surface area contributed by atoms with Crippen molar-refractivity contribution in [1.82, 2.24) is 9.88 Å². The van der Waals surface area contributed by atoms with Crippen LogP contribution in [0.2, 0.25) is 0 Å². The maximum Gasteiger partial charge on any atom is 0.496 e. The lowest BCUT2D eigenvalue weighted by Gasteiger charge is -2.32. The Morgan fingerprint density at radius 3 is 2.19 bits per heavy atom. The molecule has 0 unspecified atom stereocenters. The Bertz CT molecular complexity index is 793. The number of aromatic nitrogens is 1. The van der Waals surface area contributed by atoms with Gasteiger partial charge in [-0.1, -0.05) is 0 Å². The summed E-state index contributed by atoms with van der Waals surface area (Å²) in [7, 11) is 0.489. The van der Waals surface area contributed by atoms with E-state index in [0.29, 0.717) is 0 Å². The summed E-state index contributed by atoms with van der Waals surface area (Å²) in [6.07, 6.45) is -4.06. The van der Waals surface area contributed by atoms with Crippen LogP contribution in [0.4, 0.5) is 18.0 Å². The first kappa shape index (κ1) is 25.3. The first-order valence-corrected chi connectivity index (χ1v) is 9.93. The average Bonchev–Trinajstić information content (AvgIpc) is 2.80. The normalized spacial score (nSPS) is 18.1. The van der Waals surface area contributed by atoms with Gasteiger partial charge in [0.15, 0.2) is 0 Å². The summed E-state index contributed by atoms with van der Waals surface area (Å²) in [5, 5.41) is 0. The SMILES string of the molecule is CN(CCOc1ncc(B2OC(C)(C)C(C)(C)O2)cc1C(F)(F)F)C(=O)OC(C)(C)C. The highest BCUT2D eigenvalue weighted by atomic mass is 19.4. The molecular weight excluding hydrogens is 416 g/mol. The maximum absolute atomic E-state index is 13.6. The third kappa shape index (κ3) is 6.25. The van der Waals surface area contributed by atoms with Crippen molar-refractivity contribution in [2.45, 2.75) is 71.4 Å². The van der Waals surface area contributed by atoms with Gasteiger partial charge in [-0.15, -0.1) is 0 Å². The lowest BCUT2D eigenvalue weighted by molar-refractivity contribution is -0.139. The van der Waals surface area contributed by atoms with E-state index in [1.54, 1.807) is 20.8 Å². The van der Waals surface area contributed by atoms with E-state index in [-0.39, 0.29) is 18.6 Å². The number of amides is 1. The van der Waals surface area contributed by atoms with Gasteiger partial charge in [-0.25, -0.2) is 9.78 Å². The maximum atomic E-state index is 13.6. The molecule has 0 radical (unpaired) electrons. The summed E-state index contributed by atoms with van der Waals surface area (Å²) in [5.74, 6) is -0.578. The van der Waals surface area contributed by atoms with E-state index < -0.39 is 47.6 Å². The predicted molar refractivity (Wildman–Crippen MR) is 109 cm³/mol. The van der Waals surface area contributed by atoms with Gasteiger partial charge in [0.05, 0.1) is 17.7 Å². The van der Waals surface area contributed by atoms with Crippen LogP contribution in [0.25, 0.3) is 0 Å². The smallest absolute Gasteiger partial charge is 0.475 e. The molecule has 11 heteroatoms. The first-order chi connectivity index (χ1) is 13.9. The second-order valence-electron chi connectivity index (χ2n) is 9.46. The Morgan fingerprint density at radius 2 is 1.71 bits per heavy atom. The van der Waals surface area contributed by atoms with Crippen molar-refractivity contribution in [3.05, 3.63) is 17.8 Å². The highest BCUT2D eigenvalue weighted by Gasteiger charge is 2.52. The van der Waals surface area contributed by atoms with E-state index in [0.717, 1.165) is 6.07 Å². The zero-order chi connectivity index (χ0) is 23.8. The zero-order valence-electron chi connectivity index (χ0n) is 19.2. The number of ether oxygens (including phenoxy) is 2. The van der Waals surface area contributed by atoms with Crippen LogP contribution in [0.1, 0.15) is 54.0 Å². The molecule has 174 valence electrons. The molecule has 1 saturated heterocycles. The van der Waals surface area contributed by atoms with Gasteiger partial charge < -0.3 is 23.7 Å². The number of nitrogens with zero attached hydrogens (tertiary/aromatic N) is 2. The van der Waals surface area contributed by atoms with Crippen LogP contribution in [-0.2, 0) is 20.2 Å². The van der Waals surface area contributed by atoms with Crippen LogP contribution < -0.4 is 10.2 Å². The molecule has 0 saturated carbocycles. The summed E-state index contributed by atoms with van der Waals surface area (Å²) in [6.45, 7) is 12.2. The number of hydrogen-bond donors (Lipinski definition) is 0. The highest BCUT2D eigenvalue weighted by Crippen LogP contribution is 2.38. The molecular formula is C20H30BF3N2O5. The number of carbonyl (C=O) groups excluding carboxylic acids is 1. The molecule has 2 rings (SSSR count). The first-order valence-electron chi connectivity index (χ1n) is 9.93. The van der Waals surface area contributed by atoms with Crippen LogP contribution in [0.3, 0.4) is 0 Å². The van der Waals surface area contributed by atoms with Crippen molar-refractivity contribution < 1.29 is 36.7 Å². The van der Waals surface area contributed by atoms with Crippen molar-refractivity contribution in [2.75, 3.05) is 20.2 Å². The fraction of sp³-hybridized carbons (Fsp3) is 0.700. The highest BCUT2D eigenvalue weighted by molar-refractivity contribution is 6.62. The van der Waals surface area contributed by atoms with Gasteiger partial charge in [-0.05, 0) is 54.5 Å². The summed E-state index contributed by atoms with van der Waals surface area (Å²) in [4.78, 5) is 17.0. The summed E-state index contributed by atoms with van der Waals surface area (Å²) < 4.78 is 63.0. The summed E-state index contributed by atoms with van der Waals surface area (Å²) >= 11 is 0. The van der Waals surface area contributed by atoms with Gasteiger partial charge in [0.25, 0.3) is 0 Å². The molecule has 0 N–H and O–H groups in total. The van der Waals surface area contributed by atoms with Gasteiger partial charge in [0.2, 0.25) is 5.88 Å². The van der Waals surface area contributed by atoms with Gasteiger partial charge >= 0.3 is 19.4 Å². The molecule has 0 atom stereocenters. The number of halogens is 3. The third-order valence-corrected chi connectivity index (χ3v) is 5.07. The predicted octanol–water partition coefficient (Wildman–Crippen LogP) is 3.65. The largest absolute Gasteiger partial charge is 0.496 e. The molecule has 2 heterocycles. The standard InChI is InChI=1S/C20H30BF3N2O5/c1-17(2,3)29-16(27)26(8)9-10-28-15-14(20(22,23)24)11-13(12-25-15)21-30-18(4,5)19(6,7)31-21/h11-12H,9-10H2,1-8H3. The van der Waals surface area contributed by atoms with Crippen molar-refractivity contribution in [3.63, 3.8) is 0 Å². The molecule has 0 bridgehead atoms. The average molecular weight is 446 g/mol. The number of rotatable bonds is 5. The Labute approximate surface area is 181 Å². The number of hydrogen-bond acceptors (Lipinski definition) is 6. The van der Waals surface area contributed by atoms with E-state index in [4.69, 9.17) is 18.8 Å². The molecule has 1 aliphatic rings. The second-order valence-corrected chi connectivity index (χ2v) is 9.46. The summed E-state index contributed by atoms with van der Waals surface area (Å²) in [5.41, 5.74) is -2.97. The Balaban J connectivity index is 2.12. The van der Waals surface area contributed by atoms with Gasteiger partial charge in [-0.3, -0.25) is 0 Å². The van der Waals surface area contributed by atoms with E-state index >= 15 is 0 Å². The quantitative estimate of drug-likeness (QED) is 0.644. The van der Waals surface area contributed by atoms with Crippen molar-refractivity contribution >= 4 is 18.7 Å². The van der Waals surface area contributed by atoms with Crippen LogP contribution in [0.15, 0.2) is 12.3 Å². The minimum Gasteiger partial charge on any atom is -0.475 e. The Morgan fingerprint density at radius 1 is 1.16 bits per heavy atom. The molecule has 1 fully saturated rings. The monoisotopic (exact) mass is 446 g/mol. The van der Waals surface area contributed by atoms with E-state index in [9.17, 15) is 18.0 Å². The lowest BCUT2D eigenvalue weighted by Crippen LogP contribution is -2.41. The molecule has 0 aromatic carbocycles. The van der Waals surface area contributed by atoms with E-state index in [1.807, 2.05) is 27.7 Å². The van der Waals surface area contributed by atoms with Crippen LogP contribution >= 0.6 is 0 Å². The Kier molecular flexibility index (Phi) is 6.92. The molecule has 31 heavy (non-hydrogen) atoms. The molecule has 0 aliphatic carbocycles. The molecule has 0 spiro atoms. The fourth-order valence-electron chi connectivity index (χ4n) is 2.60. The Hall–Kier alpha value is -2.01. The zero-order valence-corrected chi connectivity index (χ0v) is 19.2. The van der Waals surface area contributed by atoms with Crippen LogP contribution in [0, 0.1) is 0 Å². The number of pyridine rings is 1. The van der Waals surface area contributed by atoms with Crippen LogP contribution in [0.5, 0.6) is 5.88 Å².